The van der Waals surface area contributed by atoms with E-state index in [9.17, 15) is 5.11 Å². The van der Waals surface area contributed by atoms with Gasteiger partial charge in [-0.05, 0) is 43.7 Å². The molecule has 1 aliphatic carbocycles. The van der Waals surface area contributed by atoms with Crippen LogP contribution in [0.1, 0.15) is 32.6 Å². The lowest BCUT2D eigenvalue weighted by Gasteiger charge is -2.39. The number of aliphatic hydroxyl groups is 1. The predicted octanol–water partition coefficient (Wildman–Crippen LogP) is 3.04. The zero-order valence-corrected chi connectivity index (χ0v) is 9.95. The summed E-state index contributed by atoms with van der Waals surface area (Å²) >= 11 is 0. The predicted molar refractivity (Wildman–Crippen MR) is 67.5 cm³/mol. The summed E-state index contributed by atoms with van der Waals surface area (Å²) in [5.41, 5.74) is 1.03. The third-order valence-electron chi connectivity index (χ3n) is 3.72. The third-order valence-corrected chi connectivity index (χ3v) is 3.72. The van der Waals surface area contributed by atoms with Crippen LogP contribution < -0.4 is 5.32 Å². The first kappa shape index (κ1) is 11.5. The maximum Gasteiger partial charge on any atom is 0.0661 e. The monoisotopic (exact) mass is 219 g/mol. The Morgan fingerprint density at radius 3 is 2.44 bits per heavy atom. The van der Waals surface area contributed by atoms with Crippen molar-refractivity contribution in [3.63, 3.8) is 0 Å². The van der Waals surface area contributed by atoms with Crippen molar-refractivity contribution < 1.29 is 5.11 Å². The van der Waals surface area contributed by atoms with Crippen molar-refractivity contribution in [2.45, 2.75) is 38.1 Å². The lowest BCUT2D eigenvalue weighted by Crippen LogP contribution is -2.45. The zero-order valence-electron chi connectivity index (χ0n) is 9.95. The van der Waals surface area contributed by atoms with E-state index >= 15 is 0 Å². The molecule has 1 aliphatic rings. The Kier molecular flexibility index (Phi) is 3.49. The molecule has 2 nitrogen and oxygen atoms in total. The van der Waals surface area contributed by atoms with Gasteiger partial charge in [0, 0.05) is 5.69 Å². The molecular formula is C14H21NO. The molecule has 0 aromatic heterocycles. The molecule has 2 rings (SSSR count). The van der Waals surface area contributed by atoms with Crippen molar-refractivity contribution in [3.8, 4) is 0 Å². The van der Waals surface area contributed by atoms with Gasteiger partial charge >= 0.3 is 0 Å². The number of hydrogen-bond acceptors (Lipinski definition) is 2. The third kappa shape index (κ3) is 2.56. The van der Waals surface area contributed by atoms with E-state index in [2.05, 4.69) is 24.4 Å². The second kappa shape index (κ2) is 4.88. The average Bonchev–Trinajstić information content (AvgIpc) is 2.34. The van der Waals surface area contributed by atoms with Gasteiger partial charge in [-0.15, -0.1) is 0 Å². The molecular weight excluding hydrogens is 198 g/mol. The van der Waals surface area contributed by atoms with E-state index in [0.29, 0.717) is 0 Å². The van der Waals surface area contributed by atoms with Crippen molar-refractivity contribution in [1.29, 1.82) is 0 Å². The van der Waals surface area contributed by atoms with Crippen LogP contribution in [-0.4, -0.2) is 17.3 Å². The summed E-state index contributed by atoms with van der Waals surface area (Å²) in [6, 6.07) is 10.2. The molecule has 0 radical (unpaired) electrons. The Morgan fingerprint density at radius 1 is 1.25 bits per heavy atom. The maximum atomic E-state index is 9.63. The minimum Gasteiger partial charge on any atom is -0.394 e. The molecule has 1 saturated carbocycles. The minimum absolute atomic E-state index is 0.0894. The topological polar surface area (TPSA) is 32.3 Å². The Morgan fingerprint density at radius 2 is 1.88 bits per heavy atom. The first-order valence-corrected chi connectivity index (χ1v) is 6.18. The highest BCUT2D eigenvalue weighted by Crippen LogP contribution is 2.34. The summed E-state index contributed by atoms with van der Waals surface area (Å²) in [6.07, 6.45) is 4.56. The van der Waals surface area contributed by atoms with Gasteiger partial charge in [-0.3, -0.25) is 0 Å². The van der Waals surface area contributed by atoms with Crippen molar-refractivity contribution in [3.05, 3.63) is 30.3 Å². The van der Waals surface area contributed by atoms with Crippen LogP contribution in [0.3, 0.4) is 0 Å². The zero-order chi connectivity index (χ0) is 11.4. The summed E-state index contributed by atoms with van der Waals surface area (Å²) in [4.78, 5) is 0. The average molecular weight is 219 g/mol. The standard InChI is InChI=1S/C14H21NO/c1-12-7-9-14(11-16,10-8-12)15-13-5-3-2-4-6-13/h2-6,12,15-16H,7-11H2,1H3. The van der Waals surface area contributed by atoms with Crippen LogP contribution in [0.15, 0.2) is 30.3 Å². The number of anilines is 1. The van der Waals surface area contributed by atoms with Gasteiger partial charge in [0.25, 0.3) is 0 Å². The minimum atomic E-state index is -0.0894. The molecule has 1 fully saturated rings. The molecule has 0 unspecified atom stereocenters. The second-order valence-corrected chi connectivity index (χ2v) is 5.11. The van der Waals surface area contributed by atoms with Crippen molar-refractivity contribution in [2.24, 2.45) is 5.92 Å². The lowest BCUT2D eigenvalue weighted by atomic mass is 9.77. The molecule has 2 heteroatoms. The Hall–Kier alpha value is -1.02. The highest BCUT2D eigenvalue weighted by molar-refractivity contribution is 5.45. The van der Waals surface area contributed by atoms with Gasteiger partial charge in [-0.1, -0.05) is 25.1 Å². The number of para-hydroxylation sites is 1. The molecule has 0 bridgehead atoms. The number of nitrogens with one attached hydrogen (secondary N) is 1. The van der Waals surface area contributed by atoms with Crippen LogP contribution in [0, 0.1) is 5.92 Å². The quantitative estimate of drug-likeness (QED) is 0.819. The number of rotatable bonds is 3. The molecule has 0 atom stereocenters. The van der Waals surface area contributed by atoms with Gasteiger partial charge in [0.15, 0.2) is 0 Å². The number of aliphatic hydroxyl groups excluding tert-OH is 1. The molecule has 0 spiro atoms. The Bertz CT molecular complexity index is 315. The van der Waals surface area contributed by atoms with Gasteiger partial charge in [-0.2, -0.15) is 0 Å². The second-order valence-electron chi connectivity index (χ2n) is 5.11. The highest BCUT2D eigenvalue weighted by Gasteiger charge is 2.33. The highest BCUT2D eigenvalue weighted by atomic mass is 16.3. The summed E-state index contributed by atoms with van der Waals surface area (Å²) in [7, 11) is 0. The molecule has 2 N–H and O–H groups in total. The van der Waals surface area contributed by atoms with Gasteiger partial charge in [0.05, 0.1) is 12.1 Å². The molecule has 0 aliphatic heterocycles. The van der Waals surface area contributed by atoms with Gasteiger partial charge in [-0.25, -0.2) is 0 Å². The smallest absolute Gasteiger partial charge is 0.0661 e. The fraction of sp³-hybridized carbons (Fsp3) is 0.571. The van der Waals surface area contributed by atoms with Crippen LogP contribution in [0.2, 0.25) is 0 Å². The van der Waals surface area contributed by atoms with Gasteiger partial charge in [0.1, 0.15) is 0 Å². The van der Waals surface area contributed by atoms with E-state index in [0.717, 1.165) is 24.4 Å². The number of hydrogen-bond donors (Lipinski definition) is 2. The fourth-order valence-electron chi connectivity index (χ4n) is 2.47. The maximum absolute atomic E-state index is 9.63. The van der Waals surface area contributed by atoms with E-state index in [1.807, 2.05) is 18.2 Å². The summed E-state index contributed by atoms with van der Waals surface area (Å²) in [5.74, 6) is 0.803. The molecule has 1 aromatic carbocycles. The summed E-state index contributed by atoms with van der Waals surface area (Å²) in [6.45, 7) is 2.53. The SMILES string of the molecule is CC1CCC(CO)(Nc2ccccc2)CC1. The van der Waals surface area contributed by atoms with E-state index in [1.54, 1.807) is 0 Å². The normalized spacial score (nSPS) is 30.0. The van der Waals surface area contributed by atoms with E-state index < -0.39 is 0 Å². The summed E-state index contributed by atoms with van der Waals surface area (Å²) in [5, 5.41) is 13.1. The van der Waals surface area contributed by atoms with Gasteiger partial charge in [0.2, 0.25) is 0 Å². The first-order chi connectivity index (χ1) is 7.74. The summed E-state index contributed by atoms with van der Waals surface area (Å²) < 4.78 is 0. The largest absolute Gasteiger partial charge is 0.394 e. The molecule has 1 aromatic rings. The van der Waals surface area contributed by atoms with Crippen LogP contribution in [0.4, 0.5) is 5.69 Å². The van der Waals surface area contributed by atoms with Gasteiger partial charge < -0.3 is 10.4 Å². The lowest BCUT2D eigenvalue weighted by molar-refractivity contribution is 0.155. The van der Waals surface area contributed by atoms with Crippen LogP contribution in [-0.2, 0) is 0 Å². The van der Waals surface area contributed by atoms with E-state index in [4.69, 9.17) is 0 Å². The molecule has 88 valence electrons. The molecule has 0 amide bonds. The first-order valence-electron chi connectivity index (χ1n) is 6.18. The Balaban J connectivity index is 2.05. The van der Waals surface area contributed by atoms with E-state index in [1.165, 1.54) is 12.8 Å². The van der Waals surface area contributed by atoms with Crippen LogP contribution in [0.25, 0.3) is 0 Å². The number of benzene rings is 1. The fourth-order valence-corrected chi connectivity index (χ4v) is 2.47. The van der Waals surface area contributed by atoms with Crippen molar-refractivity contribution in [2.75, 3.05) is 11.9 Å². The van der Waals surface area contributed by atoms with Crippen molar-refractivity contribution >= 4 is 5.69 Å². The van der Waals surface area contributed by atoms with Crippen LogP contribution in [0.5, 0.6) is 0 Å². The molecule has 16 heavy (non-hydrogen) atoms. The van der Waals surface area contributed by atoms with E-state index in [-0.39, 0.29) is 12.1 Å². The molecule has 0 saturated heterocycles. The van der Waals surface area contributed by atoms with Crippen LogP contribution >= 0.6 is 0 Å². The molecule has 0 heterocycles. The van der Waals surface area contributed by atoms with Crippen molar-refractivity contribution in [1.82, 2.24) is 0 Å². The Labute approximate surface area is 97.7 Å².